The predicted octanol–water partition coefficient (Wildman–Crippen LogP) is 1.97. The first kappa shape index (κ1) is 14.0. The lowest BCUT2D eigenvalue weighted by Gasteiger charge is -2.07. The Morgan fingerprint density at radius 3 is 2.79 bits per heavy atom. The molecule has 0 aliphatic rings. The molecular formula is C12H15N3O2S2. The summed E-state index contributed by atoms with van der Waals surface area (Å²) in [6.07, 6.45) is 1.82. The second-order valence-corrected chi connectivity index (χ2v) is 7.14. The Labute approximate surface area is 116 Å². The number of benzene rings is 1. The van der Waals surface area contributed by atoms with E-state index in [-0.39, 0.29) is 4.90 Å². The van der Waals surface area contributed by atoms with Gasteiger partial charge in [-0.1, -0.05) is 6.07 Å². The zero-order valence-electron chi connectivity index (χ0n) is 10.7. The molecule has 19 heavy (non-hydrogen) atoms. The molecule has 1 heterocycles. The molecule has 2 rings (SSSR count). The van der Waals surface area contributed by atoms with E-state index in [2.05, 4.69) is 15.0 Å². The molecular weight excluding hydrogens is 282 g/mol. The fourth-order valence-corrected chi connectivity index (χ4v) is 3.08. The smallest absolute Gasteiger partial charge is 0.240 e. The third-order valence-electron chi connectivity index (χ3n) is 2.55. The Hall–Kier alpha value is -1.44. The molecule has 0 aliphatic carbocycles. The summed E-state index contributed by atoms with van der Waals surface area (Å²) in [5.74, 6) is 0. The fourth-order valence-electron chi connectivity index (χ4n) is 1.57. The van der Waals surface area contributed by atoms with E-state index in [9.17, 15) is 8.42 Å². The fraction of sp³-hybridized carbons (Fsp3) is 0.250. The predicted molar refractivity (Wildman–Crippen MR) is 76.9 cm³/mol. The minimum Gasteiger partial charge on any atom is -0.380 e. The van der Waals surface area contributed by atoms with E-state index in [1.165, 1.54) is 7.05 Å². The second kappa shape index (κ2) is 5.68. The summed E-state index contributed by atoms with van der Waals surface area (Å²) in [5, 5.41) is 4.21. The van der Waals surface area contributed by atoms with Crippen LogP contribution in [0.4, 0.5) is 5.69 Å². The highest BCUT2D eigenvalue weighted by Gasteiger charge is 2.11. The normalized spacial score (nSPS) is 11.5. The van der Waals surface area contributed by atoms with Crippen molar-refractivity contribution in [1.29, 1.82) is 0 Å². The molecule has 102 valence electrons. The third-order valence-corrected chi connectivity index (χ3v) is 4.87. The van der Waals surface area contributed by atoms with Gasteiger partial charge in [0.25, 0.3) is 0 Å². The minimum atomic E-state index is -3.40. The first-order valence-corrected chi connectivity index (χ1v) is 8.00. The average Bonchev–Trinajstić information content (AvgIpc) is 2.82. The maximum absolute atomic E-state index is 11.7. The zero-order valence-corrected chi connectivity index (χ0v) is 12.3. The lowest BCUT2D eigenvalue weighted by atomic mass is 10.3. The summed E-state index contributed by atoms with van der Waals surface area (Å²) < 4.78 is 25.7. The van der Waals surface area contributed by atoms with E-state index in [4.69, 9.17) is 0 Å². The largest absolute Gasteiger partial charge is 0.380 e. The van der Waals surface area contributed by atoms with Gasteiger partial charge in [-0.2, -0.15) is 0 Å². The lowest BCUT2D eigenvalue weighted by Crippen LogP contribution is -2.18. The first-order valence-electron chi connectivity index (χ1n) is 5.70. The van der Waals surface area contributed by atoms with Crippen LogP contribution in [0.25, 0.3) is 0 Å². The molecule has 0 amide bonds. The number of sulfonamides is 1. The summed E-state index contributed by atoms with van der Waals surface area (Å²) >= 11 is 1.62. The van der Waals surface area contributed by atoms with Crippen molar-refractivity contribution >= 4 is 27.0 Å². The molecule has 0 saturated heterocycles. The van der Waals surface area contributed by atoms with Crippen LogP contribution in [-0.4, -0.2) is 20.4 Å². The highest BCUT2D eigenvalue weighted by atomic mass is 32.2. The van der Waals surface area contributed by atoms with Gasteiger partial charge in [0, 0.05) is 16.8 Å². The average molecular weight is 297 g/mol. The van der Waals surface area contributed by atoms with Crippen molar-refractivity contribution in [1.82, 2.24) is 9.71 Å². The van der Waals surface area contributed by atoms with Crippen molar-refractivity contribution in [3.05, 3.63) is 40.3 Å². The molecule has 2 aromatic rings. The van der Waals surface area contributed by atoms with E-state index >= 15 is 0 Å². The molecule has 0 fully saturated rings. The molecule has 0 bridgehead atoms. The molecule has 0 unspecified atom stereocenters. The van der Waals surface area contributed by atoms with Crippen molar-refractivity contribution in [2.24, 2.45) is 0 Å². The quantitative estimate of drug-likeness (QED) is 0.885. The number of aryl methyl sites for hydroxylation is 1. The van der Waals surface area contributed by atoms with Crippen LogP contribution < -0.4 is 10.0 Å². The van der Waals surface area contributed by atoms with Gasteiger partial charge in [-0.25, -0.2) is 18.1 Å². The van der Waals surface area contributed by atoms with Crippen LogP contribution in [0, 0.1) is 6.92 Å². The topological polar surface area (TPSA) is 71.1 Å². The molecule has 2 N–H and O–H groups in total. The lowest BCUT2D eigenvalue weighted by molar-refractivity contribution is 0.588. The van der Waals surface area contributed by atoms with Crippen molar-refractivity contribution in [3.63, 3.8) is 0 Å². The monoisotopic (exact) mass is 297 g/mol. The van der Waals surface area contributed by atoms with Gasteiger partial charge >= 0.3 is 0 Å². The Bertz CT molecular complexity index is 665. The van der Waals surface area contributed by atoms with Gasteiger partial charge in [0.2, 0.25) is 10.0 Å². The molecule has 0 spiro atoms. The van der Waals surface area contributed by atoms with E-state index < -0.39 is 10.0 Å². The third kappa shape index (κ3) is 3.52. The van der Waals surface area contributed by atoms with Crippen molar-refractivity contribution in [2.75, 3.05) is 12.4 Å². The minimum absolute atomic E-state index is 0.250. The molecule has 1 aromatic heterocycles. The highest BCUT2D eigenvalue weighted by Crippen LogP contribution is 2.17. The maximum atomic E-state index is 11.7. The van der Waals surface area contributed by atoms with Gasteiger partial charge < -0.3 is 5.32 Å². The summed E-state index contributed by atoms with van der Waals surface area (Å²) in [5.41, 5.74) is 0.766. The maximum Gasteiger partial charge on any atom is 0.240 e. The van der Waals surface area contributed by atoms with E-state index in [1.807, 2.05) is 19.2 Å². The molecule has 0 radical (unpaired) electrons. The number of hydrogen-bond donors (Lipinski definition) is 2. The molecule has 0 atom stereocenters. The number of rotatable bonds is 5. The van der Waals surface area contributed by atoms with Crippen LogP contribution in [0.1, 0.15) is 9.88 Å². The van der Waals surface area contributed by atoms with Crippen LogP contribution in [0.3, 0.4) is 0 Å². The van der Waals surface area contributed by atoms with Crippen LogP contribution in [0.5, 0.6) is 0 Å². The van der Waals surface area contributed by atoms with E-state index in [0.29, 0.717) is 6.54 Å². The Kier molecular flexibility index (Phi) is 4.18. The van der Waals surface area contributed by atoms with Gasteiger partial charge in [-0.05, 0) is 32.2 Å². The highest BCUT2D eigenvalue weighted by molar-refractivity contribution is 7.89. The molecule has 1 aromatic carbocycles. The molecule has 0 aliphatic heterocycles. The summed E-state index contributed by atoms with van der Waals surface area (Å²) in [4.78, 5) is 5.53. The Morgan fingerprint density at radius 1 is 1.37 bits per heavy atom. The SMILES string of the molecule is CNS(=O)(=O)c1cccc(NCc2cnc(C)s2)c1. The summed E-state index contributed by atoms with van der Waals surface area (Å²) in [7, 11) is -2.00. The van der Waals surface area contributed by atoms with Crippen molar-refractivity contribution in [3.8, 4) is 0 Å². The number of nitrogens with one attached hydrogen (secondary N) is 2. The van der Waals surface area contributed by atoms with Crippen LogP contribution in [0.15, 0.2) is 35.4 Å². The van der Waals surface area contributed by atoms with Crippen molar-refractivity contribution in [2.45, 2.75) is 18.4 Å². The van der Waals surface area contributed by atoms with E-state index in [0.717, 1.165) is 15.6 Å². The van der Waals surface area contributed by atoms with Gasteiger partial charge in [-0.3, -0.25) is 0 Å². The molecule has 5 nitrogen and oxygen atoms in total. The van der Waals surface area contributed by atoms with Gasteiger partial charge in [-0.15, -0.1) is 11.3 Å². The molecule has 0 saturated carbocycles. The van der Waals surface area contributed by atoms with Crippen LogP contribution in [0.2, 0.25) is 0 Å². The summed E-state index contributed by atoms with van der Waals surface area (Å²) in [6, 6.07) is 6.72. The van der Waals surface area contributed by atoms with Gasteiger partial charge in [0.1, 0.15) is 0 Å². The first-order chi connectivity index (χ1) is 9.01. The van der Waals surface area contributed by atoms with Crippen molar-refractivity contribution < 1.29 is 8.42 Å². The Morgan fingerprint density at radius 2 is 2.16 bits per heavy atom. The zero-order chi connectivity index (χ0) is 13.9. The van der Waals surface area contributed by atoms with Gasteiger partial charge in [0.05, 0.1) is 16.4 Å². The second-order valence-electron chi connectivity index (χ2n) is 3.93. The van der Waals surface area contributed by atoms with Gasteiger partial charge in [0.15, 0.2) is 0 Å². The number of hydrogen-bond acceptors (Lipinski definition) is 5. The van der Waals surface area contributed by atoms with Crippen LogP contribution >= 0.6 is 11.3 Å². The number of nitrogens with zero attached hydrogens (tertiary/aromatic N) is 1. The Balaban J connectivity index is 2.11. The van der Waals surface area contributed by atoms with E-state index in [1.54, 1.807) is 29.5 Å². The molecule has 7 heteroatoms. The van der Waals surface area contributed by atoms with Crippen LogP contribution in [-0.2, 0) is 16.6 Å². The number of aromatic nitrogens is 1. The number of thiazole rings is 1. The number of anilines is 1. The summed E-state index contributed by atoms with van der Waals surface area (Å²) in [6.45, 7) is 2.59. The standard InChI is InChI=1S/C12H15N3O2S2/c1-9-14-7-11(18-9)8-15-10-4-3-5-12(6-10)19(16,17)13-2/h3-7,13,15H,8H2,1-2H3.